The van der Waals surface area contributed by atoms with E-state index in [-0.39, 0.29) is 5.56 Å². The number of nitrogens with zero attached hydrogens (tertiary/aromatic N) is 3. The van der Waals surface area contributed by atoms with Gasteiger partial charge in [0.2, 0.25) is 5.78 Å². The van der Waals surface area contributed by atoms with Crippen LogP contribution in [0, 0.1) is 5.82 Å². The van der Waals surface area contributed by atoms with Crippen LogP contribution in [0.15, 0.2) is 61.2 Å². The highest BCUT2D eigenvalue weighted by Crippen LogP contribution is 2.13. The Morgan fingerprint density at radius 1 is 1.04 bits per heavy atom. The molecule has 7 heteroatoms. The summed E-state index contributed by atoms with van der Waals surface area (Å²) in [4.78, 5) is 28.2. The van der Waals surface area contributed by atoms with Crippen molar-refractivity contribution in [2.75, 3.05) is 0 Å². The maximum atomic E-state index is 12.9. The predicted molar refractivity (Wildman–Crippen MR) is 87.0 cm³/mol. The highest BCUT2D eigenvalue weighted by molar-refractivity contribution is 6.01. The third kappa shape index (κ3) is 3.77. The number of esters is 1. The second-order valence-electron chi connectivity index (χ2n) is 5.31. The van der Waals surface area contributed by atoms with Crippen LogP contribution in [0.2, 0.25) is 0 Å². The average molecular weight is 339 g/mol. The zero-order chi connectivity index (χ0) is 17.8. The van der Waals surface area contributed by atoms with E-state index in [0.29, 0.717) is 5.56 Å². The van der Waals surface area contributed by atoms with Gasteiger partial charge in [-0.1, -0.05) is 0 Å². The van der Waals surface area contributed by atoms with Gasteiger partial charge in [-0.25, -0.2) is 18.9 Å². The molecule has 0 saturated heterocycles. The van der Waals surface area contributed by atoms with Crippen molar-refractivity contribution in [1.29, 1.82) is 0 Å². The van der Waals surface area contributed by atoms with Crippen molar-refractivity contribution in [1.82, 2.24) is 14.8 Å². The number of halogens is 1. The lowest BCUT2D eigenvalue weighted by atomic mass is 10.1. The van der Waals surface area contributed by atoms with E-state index in [2.05, 4.69) is 10.1 Å². The molecule has 3 aromatic rings. The summed E-state index contributed by atoms with van der Waals surface area (Å²) in [7, 11) is 0. The summed E-state index contributed by atoms with van der Waals surface area (Å²) < 4.78 is 19.7. The lowest BCUT2D eigenvalue weighted by molar-refractivity contribution is 0.0319. The fraction of sp³-hybridized carbons (Fsp3) is 0.111. The minimum absolute atomic E-state index is 0.281. The molecule has 0 saturated carbocycles. The quantitative estimate of drug-likeness (QED) is 0.528. The van der Waals surface area contributed by atoms with E-state index in [9.17, 15) is 14.0 Å². The van der Waals surface area contributed by atoms with Crippen LogP contribution in [0.5, 0.6) is 0 Å². The Labute approximate surface area is 142 Å². The first-order valence-electron chi connectivity index (χ1n) is 7.50. The molecule has 2 aromatic carbocycles. The molecule has 0 fully saturated rings. The highest BCUT2D eigenvalue weighted by Gasteiger charge is 2.20. The van der Waals surface area contributed by atoms with Crippen LogP contribution in [-0.4, -0.2) is 32.6 Å². The van der Waals surface area contributed by atoms with E-state index >= 15 is 0 Å². The van der Waals surface area contributed by atoms with Crippen molar-refractivity contribution in [2.45, 2.75) is 13.0 Å². The summed E-state index contributed by atoms with van der Waals surface area (Å²) in [6.07, 6.45) is 1.97. The average Bonchev–Trinajstić information content (AvgIpc) is 3.16. The second kappa shape index (κ2) is 7.04. The van der Waals surface area contributed by atoms with Gasteiger partial charge in [0.15, 0.2) is 6.10 Å². The SMILES string of the molecule is C[C@H](OC(=O)c1ccc(-n2cncn2)cc1)C(=O)c1ccc(F)cc1. The fourth-order valence-corrected chi connectivity index (χ4v) is 2.22. The molecule has 0 aliphatic carbocycles. The van der Waals surface area contributed by atoms with E-state index in [1.54, 1.807) is 28.9 Å². The van der Waals surface area contributed by atoms with Gasteiger partial charge in [-0.05, 0) is 55.5 Å². The van der Waals surface area contributed by atoms with Gasteiger partial charge in [0.05, 0.1) is 11.3 Å². The van der Waals surface area contributed by atoms with Gasteiger partial charge in [-0.3, -0.25) is 4.79 Å². The maximum Gasteiger partial charge on any atom is 0.338 e. The first-order valence-corrected chi connectivity index (χ1v) is 7.50. The Hall–Kier alpha value is -3.35. The Balaban J connectivity index is 1.67. The van der Waals surface area contributed by atoms with Crippen molar-refractivity contribution in [3.63, 3.8) is 0 Å². The molecule has 0 amide bonds. The summed E-state index contributed by atoms with van der Waals surface area (Å²) in [5.74, 6) is -1.45. The number of carbonyl (C=O) groups excluding carboxylic acids is 2. The van der Waals surface area contributed by atoms with Crippen LogP contribution in [0.3, 0.4) is 0 Å². The molecule has 6 nitrogen and oxygen atoms in total. The van der Waals surface area contributed by atoms with Gasteiger partial charge in [-0.15, -0.1) is 0 Å². The van der Waals surface area contributed by atoms with Crippen molar-refractivity contribution < 1.29 is 18.7 Å². The van der Waals surface area contributed by atoms with E-state index < -0.39 is 23.7 Å². The molecule has 0 unspecified atom stereocenters. The fourth-order valence-electron chi connectivity index (χ4n) is 2.22. The molecule has 1 atom stereocenters. The largest absolute Gasteiger partial charge is 0.451 e. The third-order valence-electron chi connectivity index (χ3n) is 3.57. The molecule has 3 rings (SSSR count). The number of Topliss-reactive ketones (excluding diaryl/α,β-unsaturated/α-hetero) is 1. The number of rotatable bonds is 5. The van der Waals surface area contributed by atoms with Crippen molar-refractivity contribution in [2.24, 2.45) is 0 Å². The molecule has 0 aliphatic heterocycles. The summed E-state index contributed by atoms with van der Waals surface area (Å²) in [6.45, 7) is 1.48. The zero-order valence-corrected chi connectivity index (χ0v) is 13.3. The Morgan fingerprint density at radius 3 is 2.28 bits per heavy atom. The van der Waals surface area contributed by atoms with Gasteiger partial charge < -0.3 is 4.74 Å². The highest BCUT2D eigenvalue weighted by atomic mass is 19.1. The molecular weight excluding hydrogens is 325 g/mol. The minimum Gasteiger partial charge on any atom is -0.451 e. The number of ether oxygens (including phenoxy) is 1. The maximum absolute atomic E-state index is 12.9. The third-order valence-corrected chi connectivity index (χ3v) is 3.57. The van der Waals surface area contributed by atoms with Gasteiger partial charge in [0.1, 0.15) is 18.5 Å². The summed E-state index contributed by atoms with van der Waals surface area (Å²) in [5, 5.41) is 3.99. The standard InChI is InChI=1S/C18H14FN3O3/c1-12(17(23)13-2-6-15(19)7-3-13)25-18(24)14-4-8-16(9-5-14)22-11-20-10-21-22/h2-12H,1H3/t12-/m0/s1. The van der Waals surface area contributed by atoms with Crippen LogP contribution in [0.25, 0.3) is 5.69 Å². The molecule has 1 aromatic heterocycles. The molecule has 0 aliphatic rings. The lowest BCUT2D eigenvalue weighted by Crippen LogP contribution is -2.24. The predicted octanol–water partition coefficient (Wildman–Crippen LogP) is 2.83. The molecule has 0 radical (unpaired) electrons. The Bertz CT molecular complexity index is 875. The van der Waals surface area contributed by atoms with E-state index in [0.717, 1.165) is 5.69 Å². The van der Waals surface area contributed by atoms with Crippen LogP contribution in [-0.2, 0) is 4.74 Å². The first kappa shape index (κ1) is 16.5. The molecule has 0 spiro atoms. The van der Waals surface area contributed by atoms with Gasteiger partial charge in [0, 0.05) is 5.56 Å². The number of ketones is 1. The van der Waals surface area contributed by atoms with Gasteiger partial charge in [0.25, 0.3) is 0 Å². The Kier molecular flexibility index (Phi) is 4.65. The second-order valence-corrected chi connectivity index (χ2v) is 5.31. The van der Waals surface area contributed by atoms with Crippen LogP contribution >= 0.6 is 0 Å². The van der Waals surface area contributed by atoms with Crippen molar-refractivity contribution in [3.8, 4) is 5.69 Å². The molecule has 0 bridgehead atoms. The van der Waals surface area contributed by atoms with E-state index in [1.165, 1.54) is 43.8 Å². The molecule has 0 N–H and O–H groups in total. The van der Waals surface area contributed by atoms with Crippen LogP contribution in [0.1, 0.15) is 27.6 Å². The molecule has 1 heterocycles. The van der Waals surface area contributed by atoms with Crippen LogP contribution < -0.4 is 0 Å². The zero-order valence-electron chi connectivity index (χ0n) is 13.3. The molecule has 25 heavy (non-hydrogen) atoms. The number of aromatic nitrogens is 3. The van der Waals surface area contributed by atoms with Crippen molar-refractivity contribution in [3.05, 3.63) is 78.1 Å². The van der Waals surface area contributed by atoms with Crippen LogP contribution in [0.4, 0.5) is 4.39 Å². The minimum atomic E-state index is -0.979. The Morgan fingerprint density at radius 2 is 1.68 bits per heavy atom. The topological polar surface area (TPSA) is 74.1 Å². The monoisotopic (exact) mass is 339 g/mol. The van der Waals surface area contributed by atoms with Gasteiger partial charge in [-0.2, -0.15) is 5.10 Å². The molecule has 126 valence electrons. The van der Waals surface area contributed by atoms with E-state index in [1.807, 2.05) is 0 Å². The molecular formula is C18H14FN3O3. The van der Waals surface area contributed by atoms with Gasteiger partial charge >= 0.3 is 5.97 Å². The number of carbonyl (C=O) groups is 2. The first-order chi connectivity index (χ1) is 12.0. The summed E-state index contributed by atoms with van der Waals surface area (Å²) in [6, 6.07) is 11.6. The summed E-state index contributed by atoms with van der Waals surface area (Å²) >= 11 is 0. The van der Waals surface area contributed by atoms with Crippen molar-refractivity contribution >= 4 is 11.8 Å². The number of hydrogen-bond acceptors (Lipinski definition) is 5. The smallest absolute Gasteiger partial charge is 0.338 e. The normalized spacial score (nSPS) is 11.8. The van der Waals surface area contributed by atoms with E-state index in [4.69, 9.17) is 4.74 Å². The summed E-state index contributed by atoms with van der Waals surface area (Å²) in [5.41, 5.74) is 1.33. The lowest BCUT2D eigenvalue weighted by Gasteiger charge is -2.12. The number of benzene rings is 2. The number of hydrogen-bond donors (Lipinski definition) is 0.